The van der Waals surface area contributed by atoms with Crippen molar-refractivity contribution in [2.24, 2.45) is 5.10 Å². The van der Waals surface area contributed by atoms with Gasteiger partial charge >= 0.3 is 0 Å². The number of phenols is 1. The van der Waals surface area contributed by atoms with E-state index in [9.17, 15) is 9.90 Å². The van der Waals surface area contributed by atoms with E-state index in [0.717, 1.165) is 23.2 Å². The molecule has 0 radical (unpaired) electrons. The van der Waals surface area contributed by atoms with Crippen molar-refractivity contribution in [3.8, 4) is 5.75 Å². The van der Waals surface area contributed by atoms with Crippen molar-refractivity contribution in [1.29, 1.82) is 0 Å². The first kappa shape index (κ1) is 18.2. The average molecular weight is 514 g/mol. The third-order valence-corrected chi connectivity index (χ3v) is 5.31. The van der Waals surface area contributed by atoms with Crippen LogP contribution in [0.5, 0.6) is 5.75 Å². The van der Waals surface area contributed by atoms with Gasteiger partial charge in [-0.25, -0.2) is 5.43 Å². The number of aromatic hydroxyl groups is 1. The van der Waals surface area contributed by atoms with Gasteiger partial charge in [0.1, 0.15) is 5.75 Å². The van der Waals surface area contributed by atoms with Gasteiger partial charge in [0.2, 0.25) is 0 Å². The minimum Gasteiger partial charge on any atom is -0.506 e. The van der Waals surface area contributed by atoms with Crippen molar-refractivity contribution in [3.05, 3.63) is 55.6 Å². The van der Waals surface area contributed by atoms with Crippen molar-refractivity contribution in [2.45, 2.75) is 12.8 Å². The molecule has 1 heterocycles. The molecule has 130 valence electrons. The number of rotatable bonds is 4. The van der Waals surface area contributed by atoms with Gasteiger partial charge in [-0.2, -0.15) is 5.10 Å². The minimum atomic E-state index is -0.284. The van der Waals surface area contributed by atoms with Gasteiger partial charge in [-0.1, -0.05) is 15.9 Å². The summed E-state index contributed by atoms with van der Waals surface area (Å²) >= 11 is 5.41. The normalized spacial score (nSPS) is 14.2. The van der Waals surface area contributed by atoms with Crippen LogP contribution in [-0.4, -0.2) is 30.3 Å². The summed E-state index contributed by atoms with van der Waals surface area (Å²) in [5, 5.41) is 13.9. The van der Waals surface area contributed by atoms with Gasteiger partial charge in [-0.05, 0) is 71.8 Å². The number of benzene rings is 2. The molecule has 0 spiro atoms. The number of nitrogens with zero attached hydrogens (tertiary/aromatic N) is 2. The zero-order chi connectivity index (χ0) is 17.8. The van der Waals surface area contributed by atoms with E-state index in [1.165, 1.54) is 19.1 Å². The second-order valence-electron chi connectivity index (χ2n) is 5.77. The Balaban J connectivity index is 1.64. The fraction of sp³-hybridized carbons (Fsp3) is 0.222. The van der Waals surface area contributed by atoms with Gasteiger partial charge < -0.3 is 10.0 Å². The molecule has 1 fully saturated rings. The van der Waals surface area contributed by atoms with E-state index in [2.05, 4.69) is 31.4 Å². The highest BCUT2D eigenvalue weighted by Crippen LogP contribution is 2.27. The van der Waals surface area contributed by atoms with E-state index >= 15 is 0 Å². The molecule has 0 unspecified atom stereocenters. The lowest BCUT2D eigenvalue weighted by atomic mass is 10.2. The standard InChI is InChI=1S/C18H17BrIN3O2/c19-14-9-13(17(24)16(20)10-14)11-21-22-18(25)12-3-5-15(6-4-12)23-7-1-2-8-23/h3-6,9-11,24H,1-2,7-8H2,(H,22,25)/b21-11+. The highest BCUT2D eigenvalue weighted by Gasteiger charge is 2.13. The number of nitrogens with one attached hydrogen (secondary N) is 1. The van der Waals surface area contributed by atoms with Crippen LogP contribution in [0.15, 0.2) is 46.0 Å². The number of hydrazone groups is 1. The van der Waals surface area contributed by atoms with Gasteiger partial charge in [0, 0.05) is 34.4 Å². The fourth-order valence-electron chi connectivity index (χ4n) is 2.71. The summed E-state index contributed by atoms with van der Waals surface area (Å²) in [4.78, 5) is 14.5. The summed E-state index contributed by atoms with van der Waals surface area (Å²) in [6.07, 6.45) is 3.87. The minimum absolute atomic E-state index is 0.136. The molecule has 0 saturated carbocycles. The Labute approximate surface area is 168 Å². The molecule has 0 aromatic heterocycles. The number of carbonyl (C=O) groups excluding carboxylic acids is 1. The van der Waals surface area contributed by atoms with Crippen molar-refractivity contribution < 1.29 is 9.90 Å². The van der Waals surface area contributed by atoms with E-state index in [1.807, 2.05) is 34.7 Å². The zero-order valence-electron chi connectivity index (χ0n) is 13.4. The molecule has 0 bridgehead atoms. The van der Waals surface area contributed by atoms with Gasteiger partial charge in [0.25, 0.3) is 5.91 Å². The van der Waals surface area contributed by atoms with Gasteiger partial charge in [-0.3, -0.25) is 4.79 Å². The Hall–Kier alpha value is -1.61. The molecule has 1 amide bonds. The highest BCUT2D eigenvalue weighted by molar-refractivity contribution is 14.1. The van der Waals surface area contributed by atoms with E-state index in [1.54, 1.807) is 24.3 Å². The molecule has 25 heavy (non-hydrogen) atoms. The van der Waals surface area contributed by atoms with Crippen molar-refractivity contribution in [2.75, 3.05) is 18.0 Å². The maximum absolute atomic E-state index is 12.2. The molecular weight excluding hydrogens is 497 g/mol. The maximum Gasteiger partial charge on any atom is 0.271 e. The van der Waals surface area contributed by atoms with E-state index in [4.69, 9.17) is 0 Å². The summed E-state index contributed by atoms with van der Waals surface area (Å²) < 4.78 is 1.54. The van der Waals surface area contributed by atoms with Crippen molar-refractivity contribution in [3.63, 3.8) is 0 Å². The van der Waals surface area contributed by atoms with Crippen LogP contribution in [0.25, 0.3) is 0 Å². The number of halogens is 2. The SMILES string of the molecule is O=C(N/N=C/c1cc(Br)cc(I)c1O)c1ccc(N2CCCC2)cc1. The molecule has 2 aromatic rings. The van der Waals surface area contributed by atoms with Crippen LogP contribution in [0.1, 0.15) is 28.8 Å². The van der Waals surface area contributed by atoms with Crippen LogP contribution in [0, 0.1) is 3.57 Å². The second kappa shape index (κ2) is 8.18. The van der Waals surface area contributed by atoms with Gasteiger partial charge in [0.05, 0.1) is 9.78 Å². The number of phenolic OH excluding ortho intramolecular Hbond substituents is 1. The number of hydrogen-bond acceptors (Lipinski definition) is 4. The van der Waals surface area contributed by atoms with Crippen LogP contribution in [-0.2, 0) is 0 Å². The average Bonchev–Trinajstić information content (AvgIpc) is 3.13. The lowest BCUT2D eigenvalue weighted by molar-refractivity contribution is 0.0955. The lowest BCUT2D eigenvalue weighted by Gasteiger charge is -2.17. The number of hydrogen-bond donors (Lipinski definition) is 2. The molecule has 5 nitrogen and oxygen atoms in total. The molecule has 2 aromatic carbocycles. The van der Waals surface area contributed by atoms with Crippen LogP contribution in [0.2, 0.25) is 0 Å². The molecule has 1 saturated heterocycles. The van der Waals surface area contributed by atoms with Gasteiger partial charge in [-0.15, -0.1) is 0 Å². The third-order valence-electron chi connectivity index (χ3n) is 4.03. The Morgan fingerprint density at radius 3 is 2.60 bits per heavy atom. The molecule has 0 atom stereocenters. The van der Waals surface area contributed by atoms with E-state index in [0.29, 0.717) is 14.7 Å². The molecular formula is C18H17BrIN3O2. The molecule has 7 heteroatoms. The number of carbonyl (C=O) groups is 1. The molecule has 2 N–H and O–H groups in total. The summed E-state index contributed by atoms with van der Waals surface area (Å²) in [5.74, 6) is -0.148. The van der Waals surface area contributed by atoms with Crippen LogP contribution < -0.4 is 10.3 Å². The summed E-state index contributed by atoms with van der Waals surface area (Å²) in [7, 11) is 0. The highest BCUT2D eigenvalue weighted by atomic mass is 127. The summed E-state index contributed by atoms with van der Waals surface area (Å²) in [5.41, 5.74) is 4.72. The van der Waals surface area contributed by atoms with Crippen LogP contribution in [0.3, 0.4) is 0 Å². The quantitative estimate of drug-likeness (QED) is 0.367. The first-order chi connectivity index (χ1) is 12.0. The topological polar surface area (TPSA) is 64.9 Å². The molecule has 1 aliphatic heterocycles. The Morgan fingerprint density at radius 2 is 1.92 bits per heavy atom. The first-order valence-corrected chi connectivity index (χ1v) is 9.78. The van der Waals surface area contributed by atoms with Crippen LogP contribution in [0.4, 0.5) is 5.69 Å². The maximum atomic E-state index is 12.2. The van der Waals surface area contributed by atoms with E-state index < -0.39 is 0 Å². The summed E-state index contributed by atoms with van der Waals surface area (Å²) in [6.45, 7) is 2.15. The number of anilines is 1. The van der Waals surface area contributed by atoms with Crippen LogP contribution >= 0.6 is 38.5 Å². The molecule has 0 aliphatic carbocycles. The zero-order valence-corrected chi connectivity index (χ0v) is 17.1. The number of amides is 1. The van der Waals surface area contributed by atoms with E-state index in [-0.39, 0.29) is 11.7 Å². The predicted octanol–water partition coefficient (Wildman–Crippen LogP) is 4.12. The largest absolute Gasteiger partial charge is 0.506 e. The van der Waals surface area contributed by atoms with Gasteiger partial charge in [0.15, 0.2) is 0 Å². The Bertz CT molecular complexity index is 803. The van der Waals surface area contributed by atoms with Crippen molar-refractivity contribution >= 4 is 56.3 Å². The molecule has 1 aliphatic rings. The fourth-order valence-corrected chi connectivity index (χ4v) is 4.26. The second-order valence-corrected chi connectivity index (χ2v) is 7.84. The smallest absolute Gasteiger partial charge is 0.271 e. The van der Waals surface area contributed by atoms with Crippen molar-refractivity contribution in [1.82, 2.24) is 5.43 Å². The first-order valence-electron chi connectivity index (χ1n) is 7.91. The lowest BCUT2D eigenvalue weighted by Crippen LogP contribution is -2.19. The predicted molar refractivity (Wildman–Crippen MR) is 111 cm³/mol. The third kappa shape index (κ3) is 4.52. The monoisotopic (exact) mass is 513 g/mol. The Morgan fingerprint density at radius 1 is 1.24 bits per heavy atom. The Kier molecular flexibility index (Phi) is 5.95. The molecule has 3 rings (SSSR count). The summed E-state index contributed by atoms with van der Waals surface area (Å²) in [6, 6.07) is 11.1.